The van der Waals surface area contributed by atoms with Gasteiger partial charge in [-0.25, -0.2) is 17.7 Å². The fourth-order valence-electron chi connectivity index (χ4n) is 2.72. The summed E-state index contributed by atoms with van der Waals surface area (Å²) in [6.07, 6.45) is 1.82. The average Bonchev–Trinajstić information content (AvgIpc) is 2.66. The molecule has 0 aliphatic rings. The molecule has 2 rings (SSSR count). The maximum Gasteiger partial charge on any atom is 0.242 e. The lowest BCUT2D eigenvalue weighted by Gasteiger charge is -2.15. The smallest absolute Gasteiger partial charge is 0.242 e. The fraction of sp³-hybridized carbons (Fsp3) is 0.350. The highest BCUT2D eigenvalue weighted by Gasteiger charge is 2.16. The Hall–Kier alpha value is -2.38. The number of anilines is 1. The summed E-state index contributed by atoms with van der Waals surface area (Å²) in [6.45, 7) is 4.59. The highest BCUT2D eigenvalue weighted by Crippen LogP contribution is 2.22. The molecule has 0 amide bonds. The Morgan fingerprint density at radius 1 is 1.04 bits per heavy atom. The molecule has 146 valence electrons. The Balaban J connectivity index is 2.13. The first kappa shape index (κ1) is 20.9. The molecule has 6 nitrogen and oxygen atoms in total. The van der Waals surface area contributed by atoms with Crippen molar-refractivity contribution >= 4 is 21.7 Å². The van der Waals surface area contributed by atoms with Crippen LogP contribution in [0.1, 0.15) is 30.5 Å². The van der Waals surface area contributed by atoms with E-state index in [1.165, 1.54) is 29.5 Å². The van der Waals surface area contributed by atoms with E-state index in [4.69, 9.17) is 5.73 Å². The van der Waals surface area contributed by atoms with E-state index >= 15 is 0 Å². The summed E-state index contributed by atoms with van der Waals surface area (Å²) in [5.41, 5.74) is 10.4. The van der Waals surface area contributed by atoms with Gasteiger partial charge in [-0.05, 0) is 41.7 Å². The van der Waals surface area contributed by atoms with Gasteiger partial charge in [0.1, 0.15) is 0 Å². The number of para-hydroxylation sites is 1. The van der Waals surface area contributed by atoms with Crippen LogP contribution in [-0.2, 0) is 29.4 Å². The van der Waals surface area contributed by atoms with Gasteiger partial charge in [-0.2, -0.15) is 0 Å². The highest BCUT2D eigenvalue weighted by atomic mass is 32.2. The molecule has 0 saturated heterocycles. The van der Waals surface area contributed by atoms with Crippen LogP contribution in [0.4, 0.5) is 5.69 Å². The molecule has 0 unspecified atom stereocenters. The van der Waals surface area contributed by atoms with E-state index in [1.54, 1.807) is 24.3 Å². The van der Waals surface area contributed by atoms with Crippen LogP contribution < -0.4 is 11.1 Å². The van der Waals surface area contributed by atoms with E-state index in [-0.39, 0.29) is 4.90 Å². The molecule has 0 spiro atoms. The molecular formula is C20H28N4O2S. The standard InChI is InChI=1S/C20H28N4O2S/c1-5-16-8-7-9-17(6-2)19(16)23-20(21)22-14-15-10-12-18(13-11-15)27(25,26)24(3)4/h7-13H,5-6,14H2,1-4H3,(H3,21,22,23). The summed E-state index contributed by atoms with van der Waals surface area (Å²) in [5, 5.41) is 3.23. The van der Waals surface area contributed by atoms with Crippen molar-refractivity contribution < 1.29 is 8.42 Å². The molecule has 0 aromatic heterocycles. The van der Waals surface area contributed by atoms with Gasteiger partial charge in [0.15, 0.2) is 5.96 Å². The lowest BCUT2D eigenvalue weighted by molar-refractivity contribution is 0.520. The minimum Gasteiger partial charge on any atom is -0.370 e. The van der Waals surface area contributed by atoms with Gasteiger partial charge in [-0.15, -0.1) is 0 Å². The van der Waals surface area contributed by atoms with Crippen molar-refractivity contribution in [2.45, 2.75) is 38.1 Å². The van der Waals surface area contributed by atoms with E-state index in [0.29, 0.717) is 12.5 Å². The molecule has 3 N–H and O–H groups in total. The van der Waals surface area contributed by atoms with Gasteiger partial charge in [-0.1, -0.05) is 44.2 Å². The summed E-state index contributed by atoms with van der Waals surface area (Å²) < 4.78 is 25.4. The first-order valence-corrected chi connectivity index (χ1v) is 10.4. The molecule has 2 aromatic carbocycles. The first-order chi connectivity index (χ1) is 12.8. The van der Waals surface area contributed by atoms with Gasteiger partial charge in [0, 0.05) is 19.8 Å². The first-order valence-electron chi connectivity index (χ1n) is 8.98. The Bertz CT molecular complexity index is 882. The quantitative estimate of drug-likeness (QED) is 0.564. The largest absolute Gasteiger partial charge is 0.370 e. The van der Waals surface area contributed by atoms with Crippen molar-refractivity contribution in [1.29, 1.82) is 0 Å². The van der Waals surface area contributed by atoms with E-state index in [2.05, 4.69) is 42.4 Å². The van der Waals surface area contributed by atoms with Crippen LogP contribution in [0.25, 0.3) is 0 Å². The summed E-state index contributed by atoms with van der Waals surface area (Å²) in [5.74, 6) is 0.343. The maximum atomic E-state index is 12.1. The summed E-state index contributed by atoms with van der Waals surface area (Å²) in [7, 11) is -0.396. The van der Waals surface area contributed by atoms with Crippen molar-refractivity contribution in [2.75, 3.05) is 19.4 Å². The molecule has 7 heteroatoms. The summed E-state index contributed by atoms with van der Waals surface area (Å²) in [4.78, 5) is 4.65. The predicted molar refractivity (Wildman–Crippen MR) is 111 cm³/mol. The van der Waals surface area contributed by atoms with Gasteiger partial charge < -0.3 is 11.1 Å². The van der Waals surface area contributed by atoms with Crippen molar-refractivity contribution in [3.05, 3.63) is 59.2 Å². The van der Waals surface area contributed by atoms with Crippen molar-refractivity contribution in [2.24, 2.45) is 10.7 Å². The van der Waals surface area contributed by atoms with Crippen LogP contribution in [-0.4, -0.2) is 32.8 Å². The van der Waals surface area contributed by atoms with Gasteiger partial charge in [0.2, 0.25) is 10.0 Å². The number of sulfonamides is 1. The fourth-order valence-corrected chi connectivity index (χ4v) is 3.63. The molecule has 0 radical (unpaired) electrons. The van der Waals surface area contributed by atoms with Crippen LogP contribution in [0, 0.1) is 0 Å². The van der Waals surface area contributed by atoms with E-state index in [0.717, 1.165) is 24.1 Å². The zero-order valence-corrected chi connectivity index (χ0v) is 17.2. The molecule has 0 bridgehead atoms. The second-order valence-corrected chi connectivity index (χ2v) is 8.57. The van der Waals surface area contributed by atoms with E-state index < -0.39 is 10.0 Å². The Morgan fingerprint density at radius 2 is 1.59 bits per heavy atom. The molecule has 0 atom stereocenters. The van der Waals surface area contributed by atoms with Crippen LogP contribution in [0.15, 0.2) is 52.4 Å². The number of aliphatic imine (C=N–C) groups is 1. The number of hydrogen-bond donors (Lipinski definition) is 2. The van der Waals surface area contributed by atoms with Gasteiger partial charge in [-0.3, -0.25) is 0 Å². The Kier molecular flexibility index (Phi) is 6.98. The number of aryl methyl sites for hydroxylation is 2. The third-order valence-corrected chi connectivity index (χ3v) is 6.22. The molecule has 0 saturated carbocycles. The number of benzene rings is 2. The molecule has 0 heterocycles. The van der Waals surface area contributed by atoms with Gasteiger partial charge >= 0.3 is 0 Å². The second-order valence-electron chi connectivity index (χ2n) is 6.42. The van der Waals surface area contributed by atoms with Crippen molar-refractivity contribution in [3.63, 3.8) is 0 Å². The normalized spacial score (nSPS) is 12.4. The Labute approximate surface area is 162 Å². The molecular weight excluding hydrogens is 360 g/mol. The summed E-state index contributed by atoms with van der Waals surface area (Å²) in [6, 6.07) is 12.9. The molecule has 2 aromatic rings. The van der Waals surface area contributed by atoms with Gasteiger partial charge in [0.25, 0.3) is 0 Å². The SMILES string of the molecule is CCc1cccc(CC)c1NC(N)=NCc1ccc(S(=O)(=O)N(C)C)cc1. The number of guanidine groups is 1. The van der Waals surface area contributed by atoms with Gasteiger partial charge in [0.05, 0.1) is 11.4 Å². The lowest BCUT2D eigenvalue weighted by atomic mass is 10.0. The second kappa shape index (κ2) is 9.01. The van der Waals surface area contributed by atoms with Crippen molar-refractivity contribution in [1.82, 2.24) is 4.31 Å². The molecule has 0 fully saturated rings. The predicted octanol–water partition coefficient (Wildman–Crippen LogP) is 2.99. The van der Waals surface area contributed by atoms with Crippen LogP contribution in [0.2, 0.25) is 0 Å². The minimum atomic E-state index is -3.42. The summed E-state index contributed by atoms with van der Waals surface area (Å²) >= 11 is 0. The monoisotopic (exact) mass is 388 g/mol. The number of nitrogens with two attached hydrogens (primary N) is 1. The molecule has 0 aliphatic carbocycles. The van der Waals surface area contributed by atoms with Crippen LogP contribution in [0.5, 0.6) is 0 Å². The van der Waals surface area contributed by atoms with Crippen molar-refractivity contribution in [3.8, 4) is 0 Å². The zero-order valence-electron chi connectivity index (χ0n) is 16.4. The Morgan fingerprint density at radius 3 is 2.07 bits per heavy atom. The van der Waals surface area contributed by atoms with E-state index in [1.807, 2.05) is 0 Å². The van der Waals surface area contributed by atoms with Crippen LogP contribution >= 0.6 is 0 Å². The number of rotatable bonds is 7. The minimum absolute atomic E-state index is 0.260. The lowest BCUT2D eigenvalue weighted by Crippen LogP contribution is -2.24. The number of hydrogen-bond acceptors (Lipinski definition) is 3. The third-order valence-electron chi connectivity index (χ3n) is 4.39. The zero-order chi connectivity index (χ0) is 20.0. The number of nitrogens with one attached hydrogen (secondary N) is 1. The topological polar surface area (TPSA) is 87.8 Å². The molecule has 0 aliphatic heterocycles. The highest BCUT2D eigenvalue weighted by molar-refractivity contribution is 7.89. The third kappa shape index (κ3) is 5.08. The van der Waals surface area contributed by atoms with Crippen LogP contribution in [0.3, 0.4) is 0 Å². The number of nitrogens with zero attached hydrogens (tertiary/aromatic N) is 2. The molecule has 27 heavy (non-hydrogen) atoms. The maximum absolute atomic E-state index is 12.1. The van der Waals surface area contributed by atoms with E-state index in [9.17, 15) is 8.42 Å². The average molecular weight is 389 g/mol.